The molecule has 0 radical (unpaired) electrons. The number of nitrogens with one attached hydrogen (secondary N) is 1. The van der Waals surface area contributed by atoms with Gasteiger partial charge in [0.05, 0.1) is 0 Å². The fraction of sp³-hybridized carbons (Fsp3) is 1.00. The number of nitrogens with zero attached hydrogens (tertiary/aromatic N) is 1. The Balaban J connectivity index is 2.15. The van der Waals surface area contributed by atoms with Gasteiger partial charge in [-0.2, -0.15) is 0 Å². The molecule has 1 aliphatic rings. The van der Waals surface area contributed by atoms with Gasteiger partial charge >= 0.3 is 0 Å². The molecule has 0 aromatic heterocycles. The lowest BCUT2D eigenvalue weighted by Gasteiger charge is -2.46. The van der Waals surface area contributed by atoms with Crippen LogP contribution in [0.1, 0.15) is 91.9 Å². The minimum absolute atomic E-state index is 0.382. The van der Waals surface area contributed by atoms with E-state index < -0.39 is 0 Å². The van der Waals surface area contributed by atoms with Crippen LogP contribution >= 0.6 is 0 Å². The molecule has 1 atom stereocenters. The van der Waals surface area contributed by atoms with Gasteiger partial charge in [-0.05, 0) is 32.7 Å². The first-order chi connectivity index (χ1) is 10.2. The Morgan fingerprint density at radius 3 is 2.05 bits per heavy atom. The average molecular weight is 297 g/mol. The van der Waals surface area contributed by atoms with Gasteiger partial charge in [0.1, 0.15) is 0 Å². The lowest BCUT2D eigenvalue weighted by molar-refractivity contribution is 0.0792. The van der Waals surface area contributed by atoms with E-state index in [1.54, 1.807) is 0 Å². The van der Waals surface area contributed by atoms with Crippen LogP contribution in [0.3, 0.4) is 0 Å². The maximum absolute atomic E-state index is 3.80. The molecule has 1 N–H and O–H groups in total. The van der Waals surface area contributed by atoms with Crippen molar-refractivity contribution in [2.45, 2.75) is 103 Å². The molecule has 0 amide bonds. The molecule has 21 heavy (non-hydrogen) atoms. The molecule has 0 saturated carbocycles. The van der Waals surface area contributed by atoms with E-state index in [4.69, 9.17) is 0 Å². The molecule has 0 bridgehead atoms. The van der Waals surface area contributed by atoms with E-state index in [2.05, 4.69) is 37.9 Å². The van der Waals surface area contributed by atoms with Crippen LogP contribution in [0.2, 0.25) is 0 Å². The van der Waals surface area contributed by atoms with E-state index in [0.29, 0.717) is 11.6 Å². The Morgan fingerprint density at radius 1 is 0.905 bits per heavy atom. The molecule has 1 aliphatic heterocycles. The number of piperazine rings is 1. The van der Waals surface area contributed by atoms with Gasteiger partial charge in [0, 0.05) is 24.7 Å². The van der Waals surface area contributed by atoms with E-state index in [1.807, 2.05) is 0 Å². The molecule has 1 fully saturated rings. The van der Waals surface area contributed by atoms with Gasteiger partial charge < -0.3 is 5.32 Å². The van der Waals surface area contributed by atoms with Crippen LogP contribution in [0.4, 0.5) is 0 Å². The Bertz CT molecular complexity index is 248. The van der Waals surface area contributed by atoms with Gasteiger partial charge in [-0.15, -0.1) is 0 Å². The Morgan fingerprint density at radius 2 is 1.48 bits per heavy atom. The second-order valence-electron chi connectivity index (χ2n) is 7.16. The summed E-state index contributed by atoms with van der Waals surface area (Å²) in [5, 5.41) is 3.80. The van der Waals surface area contributed by atoms with Gasteiger partial charge in [-0.3, -0.25) is 4.90 Å². The molecule has 1 unspecified atom stereocenters. The van der Waals surface area contributed by atoms with Gasteiger partial charge in [0.25, 0.3) is 0 Å². The predicted octanol–water partition coefficient (Wildman–Crippen LogP) is 4.98. The Kier molecular flexibility index (Phi) is 9.59. The van der Waals surface area contributed by atoms with E-state index in [-0.39, 0.29) is 0 Å². The summed E-state index contributed by atoms with van der Waals surface area (Å²) in [5.74, 6) is 0. The highest BCUT2D eigenvalue weighted by Crippen LogP contribution is 2.23. The van der Waals surface area contributed by atoms with E-state index >= 15 is 0 Å². The normalized spacial score (nSPS) is 22.6. The topological polar surface area (TPSA) is 15.3 Å². The highest BCUT2D eigenvalue weighted by Gasteiger charge is 2.34. The lowest BCUT2D eigenvalue weighted by atomic mass is 9.88. The largest absolute Gasteiger partial charge is 0.308 e. The predicted molar refractivity (Wildman–Crippen MR) is 95.0 cm³/mol. The summed E-state index contributed by atoms with van der Waals surface area (Å²) < 4.78 is 0. The number of hydrogen-bond donors (Lipinski definition) is 1. The molecule has 2 heteroatoms. The lowest BCUT2D eigenvalue weighted by Crippen LogP contribution is -2.63. The summed E-state index contributed by atoms with van der Waals surface area (Å²) in [6.07, 6.45) is 13.9. The van der Waals surface area contributed by atoms with Gasteiger partial charge in [0.2, 0.25) is 0 Å². The van der Waals surface area contributed by atoms with E-state index in [1.165, 1.54) is 83.8 Å². The summed E-state index contributed by atoms with van der Waals surface area (Å²) in [6.45, 7) is 13.1. The quantitative estimate of drug-likeness (QED) is 0.541. The molecule has 0 aliphatic carbocycles. The third kappa shape index (κ3) is 6.69. The van der Waals surface area contributed by atoms with Gasteiger partial charge in [0.15, 0.2) is 0 Å². The van der Waals surface area contributed by atoms with Crippen molar-refractivity contribution in [3.8, 4) is 0 Å². The van der Waals surface area contributed by atoms with Crippen molar-refractivity contribution in [3.63, 3.8) is 0 Å². The third-order valence-electron chi connectivity index (χ3n) is 5.55. The first-order valence-electron chi connectivity index (χ1n) is 9.66. The highest BCUT2D eigenvalue weighted by atomic mass is 15.2. The maximum atomic E-state index is 3.80. The standard InChI is InChI=1S/C19H40N2/c1-5-8-9-10-11-12-13-14-15-21-17-19(6-2,7-3)20-16-18(21)4/h18,20H,5-17H2,1-4H3. The highest BCUT2D eigenvalue weighted by molar-refractivity contribution is 4.95. The monoisotopic (exact) mass is 296 g/mol. The average Bonchev–Trinajstić information content (AvgIpc) is 2.52. The second kappa shape index (κ2) is 10.6. The molecule has 2 nitrogen and oxygen atoms in total. The van der Waals surface area contributed by atoms with Gasteiger partial charge in [-0.1, -0.05) is 65.7 Å². The van der Waals surface area contributed by atoms with Crippen LogP contribution in [0, 0.1) is 0 Å². The van der Waals surface area contributed by atoms with Crippen LogP contribution in [-0.2, 0) is 0 Å². The summed E-state index contributed by atoms with van der Waals surface area (Å²) in [4.78, 5) is 2.74. The van der Waals surface area contributed by atoms with Crippen molar-refractivity contribution >= 4 is 0 Å². The summed E-state index contributed by atoms with van der Waals surface area (Å²) in [6, 6.07) is 0.709. The smallest absolute Gasteiger partial charge is 0.0304 e. The molecule has 1 saturated heterocycles. The Hall–Kier alpha value is -0.0800. The first-order valence-corrected chi connectivity index (χ1v) is 9.66. The Labute approximate surface area is 134 Å². The first kappa shape index (κ1) is 19.0. The van der Waals surface area contributed by atoms with Crippen molar-refractivity contribution in [1.82, 2.24) is 10.2 Å². The van der Waals surface area contributed by atoms with E-state index in [0.717, 1.165) is 0 Å². The van der Waals surface area contributed by atoms with Crippen LogP contribution in [0.5, 0.6) is 0 Å². The number of hydrogen-bond acceptors (Lipinski definition) is 2. The van der Waals surface area contributed by atoms with Gasteiger partial charge in [-0.25, -0.2) is 0 Å². The fourth-order valence-electron chi connectivity index (χ4n) is 3.57. The van der Waals surface area contributed by atoms with E-state index in [9.17, 15) is 0 Å². The maximum Gasteiger partial charge on any atom is 0.0304 e. The molecule has 0 aromatic carbocycles. The molecule has 0 spiro atoms. The van der Waals surface area contributed by atoms with Crippen molar-refractivity contribution in [2.75, 3.05) is 19.6 Å². The summed E-state index contributed by atoms with van der Waals surface area (Å²) >= 11 is 0. The van der Waals surface area contributed by atoms with Crippen molar-refractivity contribution in [3.05, 3.63) is 0 Å². The minimum atomic E-state index is 0.382. The minimum Gasteiger partial charge on any atom is -0.308 e. The summed E-state index contributed by atoms with van der Waals surface area (Å²) in [5.41, 5.74) is 0.382. The van der Waals surface area contributed by atoms with Crippen molar-refractivity contribution < 1.29 is 0 Å². The molecule has 0 aromatic rings. The SMILES string of the molecule is CCCCCCCCCCN1CC(CC)(CC)NCC1C. The molecule has 126 valence electrons. The van der Waals surface area contributed by atoms with Crippen molar-refractivity contribution in [1.29, 1.82) is 0 Å². The fourth-order valence-corrected chi connectivity index (χ4v) is 3.57. The summed E-state index contributed by atoms with van der Waals surface area (Å²) in [7, 11) is 0. The number of rotatable bonds is 11. The third-order valence-corrected chi connectivity index (χ3v) is 5.55. The second-order valence-corrected chi connectivity index (χ2v) is 7.16. The van der Waals surface area contributed by atoms with Crippen LogP contribution in [0.15, 0.2) is 0 Å². The molecular weight excluding hydrogens is 256 g/mol. The zero-order valence-corrected chi connectivity index (χ0v) is 15.2. The zero-order valence-electron chi connectivity index (χ0n) is 15.2. The molecule has 1 heterocycles. The number of unbranched alkanes of at least 4 members (excludes halogenated alkanes) is 7. The van der Waals surface area contributed by atoms with Crippen molar-refractivity contribution in [2.24, 2.45) is 0 Å². The van der Waals surface area contributed by atoms with Crippen LogP contribution in [-0.4, -0.2) is 36.1 Å². The molecular formula is C19H40N2. The zero-order chi connectivity index (χ0) is 15.6. The van der Waals surface area contributed by atoms with Crippen LogP contribution < -0.4 is 5.32 Å². The van der Waals surface area contributed by atoms with Crippen LogP contribution in [0.25, 0.3) is 0 Å². The molecule has 1 rings (SSSR count).